The zero-order chi connectivity index (χ0) is 15.4. The molecule has 1 fully saturated rings. The van der Waals surface area contributed by atoms with Gasteiger partial charge in [-0.15, -0.1) is 0 Å². The fourth-order valence-electron chi connectivity index (χ4n) is 2.97. The summed E-state index contributed by atoms with van der Waals surface area (Å²) in [6.45, 7) is 4.70. The molecule has 0 radical (unpaired) electrons. The summed E-state index contributed by atoms with van der Waals surface area (Å²) in [7, 11) is 1.66. The molecule has 0 spiro atoms. The molecular formula is C17H23NO4. The maximum absolute atomic E-state index is 9.37. The smallest absolute Gasteiger partial charge is 0.168 e. The van der Waals surface area contributed by atoms with Crippen LogP contribution in [0.5, 0.6) is 11.5 Å². The largest absolute Gasteiger partial charge is 0.493 e. The highest BCUT2D eigenvalue weighted by molar-refractivity contribution is 5.66. The number of benzene rings is 1. The number of hydrogen-bond acceptors (Lipinski definition) is 5. The summed E-state index contributed by atoms with van der Waals surface area (Å²) in [5.74, 6) is 1.79. The Labute approximate surface area is 131 Å². The number of aliphatic hydroxyl groups excluding tert-OH is 1. The molecule has 1 N–H and O–H groups in total. The minimum Gasteiger partial charge on any atom is -0.493 e. The first-order chi connectivity index (χ1) is 10.8. The second kappa shape index (κ2) is 7.13. The van der Waals surface area contributed by atoms with Crippen LogP contribution < -0.4 is 9.47 Å². The van der Waals surface area contributed by atoms with Crippen molar-refractivity contribution in [2.45, 2.75) is 0 Å². The lowest BCUT2D eigenvalue weighted by Gasteiger charge is -2.26. The molecule has 1 saturated heterocycles. The highest BCUT2D eigenvalue weighted by Gasteiger charge is 2.21. The molecule has 1 atom stereocenters. The van der Waals surface area contributed by atoms with Crippen molar-refractivity contribution in [2.24, 2.45) is 5.92 Å². The Morgan fingerprint density at radius 2 is 2.32 bits per heavy atom. The summed E-state index contributed by atoms with van der Waals surface area (Å²) in [4.78, 5) is 2.33. The summed E-state index contributed by atoms with van der Waals surface area (Å²) in [5.41, 5.74) is 2.30. The molecule has 3 rings (SSSR count). The van der Waals surface area contributed by atoms with E-state index in [0.717, 1.165) is 43.3 Å². The van der Waals surface area contributed by atoms with E-state index in [9.17, 15) is 5.11 Å². The van der Waals surface area contributed by atoms with Crippen LogP contribution in [0.2, 0.25) is 0 Å². The molecule has 0 saturated carbocycles. The van der Waals surface area contributed by atoms with Crippen molar-refractivity contribution in [1.82, 2.24) is 4.90 Å². The van der Waals surface area contributed by atoms with Crippen LogP contribution in [0.15, 0.2) is 23.8 Å². The Morgan fingerprint density at radius 3 is 3.14 bits per heavy atom. The van der Waals surface area contributed by atoms with Crippen LogP contribution in [0.1, 0.15) is 5.56 Å². The van der Waals surface area contributed by atoms with E-state index in [-0.39, 0.29) is 12.5 Å². The predicted molar refractivity (Wildman–Crippen MR) is 84.3 cm³/mol. The lowest BCUT2D eigenvalue weighted by Crippen LogP contribution is -2.34. The van der Waals surface area contributed by atoms with E-state index >= 15 is 0 Å². The normalized spacial score (nSPS) is 22.3. The first kappa shape index (κ1) is 15.3. The standard InChI is InChI=1S/C17H23NO4/c1-20-16-4-2-3-15-7-13(12-22-17(15)16)8-18-5-6-21-11-14(9-18)10-19/h2-4,7,14,19H,5-6,8-12H2,1H3. The van der Waals surface area contributed by atoms with E-state index in [1.54, 1.807) is 7.11 Å². The monoisotopic (exact) mass is 305 g/mol. The van der Waals surface area contributed by atoms with Crippen molar-refractivity contribution < 1.29 is 19.3 Å². The number of ether oxygens (including phenoxy) is 3. The minimum atomic E-state index is 0.173. The van der Waals surface area contributed by atoms with Gasteiger partial charge in [0.25, 0.3) is 0 Å². The van der Waals surface area contributed by atoms with Gasteiger partial charge in [-0.25, -0.2) is 0 Å². The number of aliphatic hydroxyl groups is 1. The van der Waals surface area contributed by atoms with Gasteiger partial charge in [-0.3, -0.25) is 4.90 Å². The van der Waals surface area contributed by atoms with Gasteiger partial charge in [-0.05, 0) is 17.7 Å². The van der Waals surface area contributed by atoms with Crippen LogP contribution in [0, 0.1) is 5.92 Å². The van der Waals surface area contributed by atoms with Gasteiger partial charge in [0.1, 0.15) is 6.61 Å². The van der Waals surface area contributed by atoms with Crippen LogP contribution >= 0.6 is 0 Å². The molecule has 120 valence electrons. The van der Waals surface area contributed by atoms with Crippen molar-refractivity contribution in [1.29, 1.82) is 0 Å². The van der Waals surface area contributed by atoms with Gasteiger partial charge in [0, 0.05) is 37.7 Å². The van der Waals surface area contributed by atoms with Crippen LogP contribution in [0.25, 0.3) is 6.08 Å². The molecule has 2 aliphatic heterocycles. The maximum Gasteiger partial charge on any atom is 0.168 e. The lowest BCUT2D eigenvalue weighted by atomic mass is 10.1. The second-order valence-electron chi connectivity index (χ2n) is 5.83. The first-order valence-corrected chi connectivity index (χ1v) is 7.70. The molecule has 2 aliphatic rings. The SMILES string of the molecule is COc1cccc2c1OCC(CN1CCOCC(CO)C1)=C2. The van der Waals surface area contributed by atoms with E-state index in [1.807, 2.05) is 18.2 Å². The summed E-state index contributed by atoms with van der Waals surface area (Å²) < 4.78 is 16.8. The number of nitrogens with zero attached hydrogens (tertiary/aromatic N) is 1. The van der Waals surface area contributed by atoms with Gasteiger partial charge in [-0.2, -0.15) is 0 Å². The van der Waals surface area contributed by atoms with Gasteiger partial charge in [0.15, 0.2) is 11.5 Å². The molecule has 5 heteroatoms. The molecule has 1 unspecified atom stereocenters. The Bertz CT molecular complexity index is 543. The molecular weight excluding hydrogens is 282 g/mol. The predicted octanol–water partition coefficient (Wildman–Crippen LogP) is 1.41. The van der Waals surface area contributed by atoms with E-state index in [4.69, 9.17) is 14.2 Å². The Hall–Kier alpha value is -1.56. The van der Waals surface area contributed by atoms with E-state index < -0.39 is 0 Å². The topological polar surface area (TPSA) is 51.2 Å². The van der Waals surface area contributed by atoms with Gasteiger partial charge < -0.3 is 19.3 Å². The number of methoxy groups -OCH3 is 1. The van der Waals surface area contributed by atoms with Gasteiger partial charge in [-0.1, -0.05) is 12.1 Å². The number of hydrogen-bond donors (Lipinski definition) is 1. The Balaban J connectivity index is 1.71. The van der Waals surface area contributed by atoms with Crippen molar-refractivity contribution >= 4 is 6.08 Å². The molecule has 22 heavy (non-hydrogen) atoms. The lowest BCUT2D eigenvalue weighted by molar-refractivity contribution is 0.0958. The zero-order valence-electron chi connectivity index (χ0n) is 13.0. The third kappa shape index (κ3) is 3.43. The average molecular weight is 305 g/mol. The second-order valence-corrected chi connectivity index (χ2v) is 5.83. The van der Waals surface area contributed by atoms with Crippen molar-refractivity contribution in [3.8, 4) is 11.5 Å². The molecule has 5 nitrogen and oxygen atoms in total. The molecule has 0 aliphatic carbocycles. The summed E-state index contributed by atoms with van der Waals surface area (Å²) in [5, 5.41) is 9.37. The fourth-order valence-corrected chi connectivity index (χ4v) is 2.97. The van der Waals surface area contributed by atoms with Crippen molar-refractivity contribution in [3.63, 3.8) is 0 Å². The molecule has 0 aromatic heterocycles. The third-order valence-electron chi connectivity index (χ3n) is 4.10. The van der Waals surface area contributed by atoms with Crippen molar-refractivity contribution in [3.05, 3.63) is 29.3 Å². The summed E-state index contributed by atoms with van der Waals surface area (Å²) in [6, 6.07) is 5.93. The molecule has 1 aromatic rings. The summed E-state index contributed by atoms with van der Waals surface area (Å²) >= 11 is 0. The molecule has 2 heterocycles. The zero-order valence-corrected chi connectivity index (χ0v) is 13.0. The highest BCUT2D eigenvalue weighted by atomic mass is 16.5. The van der Waals surface area contributed by atoms with E-state index in [0.29, 0.717) is 13.2 Å². The van der Waals surface area contributed by atoms with Crippen LogP contribution in [0.3, 0.4) is 0 Å². The van der Waals surface area contributed by atoms with E-state index in [1.165, 1.54) is 5.57 Å². The minimum absolute atomic E-state index is 0.173. The highest BCUT2D eigenvalue weighted by Crippen LogP contribution is 2.35. The molecule has 1 aromatic carbocycles. The average Bonchev–Trinajstić information content (AvgIpc) is 2.79. The van der Waals surface area contributed by atoms with Gasteiger partial charge in [0.2, 0.25) is 0 Å². The molecule has 0 bridgehead atoms. The first-order valence-electron chi connectivity index (χ1n) is 7.70. The van der Waals surface area contributed by atoms with Crippen LogP contribution in [-0.2, 0) is 4.74 Å². The quantitative estimate of drug-likeness (QED) is 0.911. The number of para-hydroxylation sites is 1. The number of fused-ring (bicyclic) bond motifs is 1. The van der Waals surface area contributed by atoms with Gasteiger partial charge >= 0.3 is 0 Å². The maximum atomic E-state index is 9.37. The van der Waals surface area contributed by atoms with Crippen LogP contribution in [-0.4, -0.2) is 63.2 Å². The summed E-state index contributed by atoms with van der Waals surface area (Å²) in [6.07, 6.45) is 2.18. The van der Waals surface area contributed by atoms with E-state index in [2.05, 4.69) is 11.0 Å². The van der Waals surface area contributed by atoms with Gasteiger partial charge in [0.05, 0.1) is 20.3 Å². The van der Waals surface area contributed by atoms with Crippen LogP contribution in [0.4, 0.5) is 0 Å². The Kier molecular flexibility index (Phi) is 4.97. The molecule has 0 amide bonds. The third-order valence-corrected chi connectivity index (χ3v) is 4.10. The van der Waals surface area contributed by atoms with Crippen molar-refractivity contribution in [2.75, 3.05) is 53.2 Å². The number of rotatable bonds is 4. The Morgan fingerprint density at radius 1 is 1.41 bits per heavy atom. The fraction of sp³-hybridized carbons (Fsp3) is 0.529.